The summed E-state index contributed by atoms with van der Waals surface area (Å²) in [6, 6.07) is 7.12. The molecular weight excluding hydrogens is 404 g/mol. The number of hydrogen-bond acceptors (Lipinski definition) is 5. The molecule has 2 heterocycles. The minimum absolute atomic E-state index is 0.182. The van der Waals surface area contributed by atoms with E-state index in [1.807, 2.05) is 12.1 Å². The molecule has 1 aromatic rings. The average molecular weight is 440 g/mol. The summed E-state index contributed by atoms with van der Waals surface area (Å²) >= 11 is 0. The molecule has 2 saturated heterocycles. The van der Waals surface area contributed by atoms with Gasteiger partial charge in [-0.2, -0.15) is 8.78 Å². The van der Waals surface area contributed by atoms with Crippen molar-refractivity contribution in [1.82, 2.24) is 15.5 Å². The van der Waals surface area contributed by atoms with Crippen molar-refractivity contribution in [3.8, 4) is 5.75 Å². The highest BCUT2D eigenvalue weighted by Crippen LogP contribution is 2.23. The molecule has 0 aliphatic carbocycles. The molecule has 0 saturated carbocycles. The quantitative estimate of drug-likeness (QED) is 0.479. The molecule has 31 heavy (non-hydrogen) atoms. The van der Waals surface area contributed by atoms with Crippen molar-refractivity contribution in [3.63, 3.8) is 0 Å². The zero-order valence-electron chi connectivity index (χ0n) is 18.5. The maximum absolute atomic E-state index is 12.3. The van der Waals surface area contributed by atoms with Crippen molar-refractivity contribution in [2.24, 2.45) is 10.9 Å². The Balaban J connectivity index is 1.44. The van der Waals surface area contributed by atoms with E-state index in [-0.39, 0.29) is 11.8 Å². The molecule has 1 aromatic carbocycles. The molecule has 0 spiro atoms. The van der Waals surface area contributed by atoms with E-state index < -0.39 is 6.61 Å². The van der Waals surface area contributed by atoms with Crippen LogP contribution in [0.15, 0.2) is 29.3 Å². The summed E-state index contributed by atoms with van der Waals surface area (Å²) in [5.74, 6) is 1.51. The molecule has 174 valence electrons. The Hall–Kier alpha value is -2.13. The third-order valence-corrected chi connectivity index (χ3v) is 5.70. The number of nitrogens with zero attached hydrogens (tertiary/aromatic N) is 3. The number of ether oxygens (including phenoxy) is 2. The Labute approximate surface area is 183 Å². The van der Waals surface area contributed by atoms with Gasteiger partial charge >= 0.3 is 6.61 Å². The van der Waals surface area contributed by atoms with E-state index in [2.05, 4.69) is 37.1 Å². The highest BCUT2D eigenvalue weighted by Gasteiger charge is 2.21. The summed E-state index contributed by atoms with van der Waals surface area (Å²) in [4.78, 5) is 9.11. The Morgan fingerprint density at radius 1 is 1.23 bits per heavy atom. The summed E-state index contributed by atoms with van der Waals surface area (Å²) < 4.78 is 34.6. The van der Waals surface area contributed by atoms with Crippen molar-refractivity contribution in [3.05, 3.63) is 24.3 Å². The fraction of sp³-hybridized carbons (Fsp3) is 0.682. The van der Waals surface area contributed by atoms with E-state index in [0.29, 0.717) is 5.92 Å². The number of hydrogen-bond donors (Lipinski definition) is 2. The van der Waals surface area contributed by atoms with Crippen LogP contribution in [-0.4, -0.2) is 83.0 Å². The average Bonchev–Trinajstić information content (AvgIpc) is 2.77. The third kappa shape index (κ3) is 7.81. The zero-order chi connectivity index (χ0) is 22.1. The van der Waals surface area contributed by atoms with E-state index in [4.69, 9.17) is 4.74 Å². The van der Waals surface area contributed by atoms with E-state index in [1.165, 1.54) is 0 Å². The van der Waals surface area contributed by atoms with Crippen molar-refractivity contribution in [2.75, 3.05) is 64.4 Å². The van der Waals surface area contributed by atoms with Crippen molar-refractivity contribution in [2.45, 2.75) is 32.4 Å². The summed E-state index contributed by atoms with van der Waals surface area (Å²) in [5, 5.41) is 7.00. The van der Waals surface area contributed by atoms with Crippen LogP contribution in [0.4, 0.5) is 14.5 Å². The molecule has 2 aliphatic rings. The standard InChI is InChI=1S/C22H35F2N5O2/c1-17(15-28-10-12-30-13-11-28)14-26-22(25-2)27-18-4-3-9-29(16-18)19-5-7-20(8-6-19)31-21(23)24/h5-8,17-18,21H,3-4,9-16H2,1-2H3,(H2,25,26,27). The number of anilines is 1. The van der Waals surface area contributed by atoms with Crippen LogP contribution in [0.5, 0.6) is 5.75 Å². The smallest absolute Gasteiger partial charge is 0.387 e. The van der Waals surface area contributed by atoms with Crippen LogP contribution in [0.1, 0.15) is 19.8 Å². The molecule has 0 radical (unpaired) electrons. The normalized spacial score (nSPS) is 21.8. The first kappa shape index (κ1) is 23.5. The Kier molecular flexibility index (Phi) is 9.14. The van der Waals surface area contributed by atoms with Gasteiger partial charge in [0.25, 0.3) is 0 Å². The van der Waals surface area contributed by atoms with Gasteiger partial charge in [-0.15, -0.1) is 0 Å². The number of rotatable bonds is 8. The van der Waals surface area contributed by atoms with E-state index in [9.17, 15) is 8.78 Å². The topological polar surface area (TPSA) is 61.4 Å². The first-order chi connectivity index (χ1) is 15.0. The van der Waals surface area contributed by atoms with Gasteiger partial charge in [0.05, 0.1) is 13.2 Å². The second kappa shape index (κ2) is 12.0. The van der Waals surface area contributed by atoms with Gasteiger partial charge in [0.15, 0.2) is 5.96 Å². The largest absolute Gasteiger partial charge is 0.435 e. The number of aliphatic imine (C=N–C) groups is 1. The summed E-state index contributed by atoms with van der Waals surface area (Å²) in [5.41, 5.74) is 1.01. The highest BCUT2D eigenvalue weighted by atomic mass is 19.3. The molecule has 2 fully saturated rings. The number of nitrogens with one attached hydrogen (secondary N) is 2. The molecule has 2 aliphatic heterocycles. The molecule has 3 rings (SSSR count). The molecule has 0 amide bonds. The number of benzene rings is 1. The first-order valence-electron chi connectivity index (χ1n) is 11.1. The van der Waals surface area contributed by atoms with E-state index >= 15 is 0 Å². The molecule has 9 heteroatoms. The molecule has 2 unspecified atom stereocenters. The van der Waals surface area contributed by atoms with Crippen molar-refractivity contribution >= 4 is 11.6 Å². The monoisotopic (exact) mass is 439 g/mol. The van der Waals surface area contributed by atoms with Gasteiger partial charge in [-0.3, -0.25) is 9.89 Å². The Morgan fingerprint density at radius 3 is 2.65 bits per heavy atom. The number of piperidine rings is 1. The third-order valence-electron chi connectivity index (χ3n) is 5.70. The lowest BCUT2D eigenvalue weighted by Gasteiger charge is -2.35. The molecule has 2 N–H and O–H groups in total. The molecular formula is C22H35F2N5O2. The fourth-order valence-electron chi connectivity index (χ4n) is 4.12. The van der Waals surface area contributed by atoms with Gasteiger partial charge in [-0.1, -0.05) is 6.92 Å². The minimum atomic E-state index is -2.80. The molecule has 0 bridgehead atoms. The van der Waals surface area contributed by atoms with Crippen molar-refractivity contribution in [1.29, 1.82) is 0 Å². The van der Waals surface area contributed by atoms with Crippen molar-refractivity contribution < 1.29 is 18.3 Å². The van der Waals surface area contributed by atoms with E-state index in [0.717, 1.165) is 77.0 Å². The van der Waals surface area contributed by atoms with Gasteiger partial charge < -0.3 is 25.0 Å². The predicted molar refractivity (Wildman–Crippen MR) is 119 cm³/mol. The fourth-order valence-corrected chi connectivity index (χ4v) is 4.12. The number of halogens is 2. The summed E-state index contributed by atoms with van der Waals surface area (Å²) in [6.45, 7) is 6.79. The summed E-state index contributed by atoms with van der Waals surface area (Å²) in [6.07, 6.45) is 2.12. The van der Waals surface area contributed by atoms with Gasteiger partial charge in [-0.25, -0.2) is 0 Å². The summed E-state index contributed by atoms with van der Waals surface area (Å²) in [7, 11) is 1.80. The second-order valence-electron chi connectivity index (χ2n) is 8.27. The number of guanidine groups is 1. The van der Waals surface area contributed by atoms with Gasteiger partial charge in [-0.05, 0) is 43.0 Å². The van der Waals surface area contributed by atoms with Crippen LogP contribution in [0.25, 0.3) is 0 Å². The van der Waals surface area contributed by atoms with Gasteiger partial charge in [0.1, 0.15) is 5.75 Å². The van der Waals surface area contributed by atoms with Crippen LogP contribution < -0.4 is 20.3 Å². The molecule has 7 nitrogen and oxygen atoms in total. The lowest BCUT2D eigenvalue weighted by Crippen LogP contribution is -2.52. The zero-order valence-corrected chi connectivity index (χ0v) is 18.5. The Bertz CT molecular complexity index is 683. The van der Waals surface area contributed by atoms with Crippen LogP contribution >= 0.6 is 0 Å². The van der Waals surface area contributed by atoms with Crippen LogP contribution in [0, 0.1) is 5.92 Å². The highest BCUT2D eigenvalue weighted by molar-refractivity contribution is 5.80. The second-order valence-corrected chi connectivity index (χ2v) is 8.27. The maximum atomic E-state index is 12.3. The lowest BCUT2D eigenvalue weighted by atomic mass is 10.0. The number of morpholine rings is 1. The van der Waals surface area contributed by atoms with Crippen LogP contribution in [0.2, 0.25) is 0 Å². The first-order valence-corrected chi connectivity index (χ1v) is 11.1. The van der Waals surface area contributed by atoms with Gasteiger partial charge in [0.2, 0.25) is 0 Å². The molecule has 0 aromatic heterocycles. The molecule has 2 atom stereocenters. The SMILES string of the molecule is CN=C(NCC(C)CN1CCOCC1)NC1CCCN(c2ccc(OC(F)F)cc2)C1. The van der Waals surface area contributed by atoms with Crippen LogP contribution in [0.3, 0.4) is 0 Å². The lowest BCUT2D eigenvalue weighted by molar-refractivity contribution is -0.0498. The minimum Gasteiger partial charge on any atom is -0.435 e. The Morgan fingerprint density at radius 2 is 1.97 bits per heavy atom. The predicted octanol–water partition coefficient (Wildman–Crippen LogP) is 2.39. The van der Waals surface area contributed by atoms with E-state index in [1.54, 1.807) is 19.2 Å². The van der Waals surface area contributed by atoms with Crippen LogP contribution in [-0.2, 0) is 4.74 Å². The number of alkyl halides is 2. The maximum Gasteiger partial charge on any atom is 0.387 e. The van der Waals surface area contributed by atoms with Gasteiger partial charge in [0, 0.05) is 58.0 Å².